The van der Waals surface area contributed by atoms with Crippen molar-refractivity contribution in [3.05, 3.63) is 114 Å². The summed E-state index contributed by atoms with van der Waals surface area (Å²) in [7, 11) is 0. The van der Waals surface area contributed by atoms with Crippen molar-refractivity contribution in [3.63, 3.8) is 0 Å². The summed E-state index contributed by atoms with van der Waals surface area (Å²) >= 11 is -2.98. The Balaban J connectivity index is 1.60. The van der Waals surface area contributed by atoms with E-state index in [0.29, 0.717) is 0 Å². The normalized spacial score (nSPS) is 19.4. The number of allylic oxidation sites excluding steroid dienone is 8. The van der Waals surface area contributed by atoms with E-state index in [-0.39, 0.29) is 0 Å². The van der Waals surface area contributed by atoms with Gasteiger partial charge in [0, 0.05) is 0 Å². The number of rotatable bonds is 7. The summed E-state index contributed by atoms with van der Waals surface area (Å²) in [6.45, 7) is 2.49. The van der Waals surface area contributed by atoms with Gasteiger partial charge in [0.25, 0.3) is 0 Å². The zero-order chi connectivity index (χ0) is 21.8. The third-order valence-corrected chi connectivity index (χ3v) is 21.3. The minimum absolute atomic E-state index is 0.814. The van der Waals surface area contributed by atoms with Crippen molar-refractivity contribution in [3.8, 4) is 0 Å². The molecule has 0 spiro atoms. The third kappa shape index (κ3) is 4.52. The summed E-state index contributed by atoms with van der Waals surface area (Å²) < 4.78 is 6.27. The molecule has 3 aliphatic rings. The molecule has 0 heterocycles. The van der Waals surface area contributed by atoms with Crippen LogP contribution < -0.4 is 0 Å². The van der Waals surface area contributed by atoms with Crippen LogP contribution in [0.1, 0.15) is 63.0 Å². The Morgan fingerprint density at radius 2 is 1.41 bits per heavy atom. The molecule has 0 aromatic heterocycles. The van der Waals surface area contributed by atoms with E-state index in [4.69, 9.17) is 0 Å². The van der Waals surface area contributed by atoms with Crippen molar-refractivity contribution in [2.24, 2.45) is 5.92 Å². The van der Waals surface area contributed by atoms with Gasteiger partial charge in [0.1, 0.15) is 0 Å². The van der Waals surface area contributed by atoms with Crippen molar-refractivity contribution in [2.75, 3.05) is 0 Å². The van der Waals surface area contributed by atoms with Crippen LogP contribution in [0, 0.1) is 5.92 Å². The molecule has 0 aliphatic heterocycles. The average Bonchev–Trinajstić information content (AvgIpc) is 3.51. The van der Waals surface area contributed by atoms with Crippen molar-refractivity contribution in [1.29, 1.82) is 0 Å². The van der Waals surface area contributed by atoms with Crippen LogP contribution in [0.5, 0.6) is 0 Å². The Labute approximate surface area is 199 Å². The topological polar surface area (TPSA) is 0 Å². The SMILES string of the molecule is CC1=[C]([Zr]([CH2]c2ccccc2)([CH2]c2ccccc2)[C]2=CC=CC2)CC=C1C1CCCCC1. The maximum absolute atomic E-state index is 2.98. The van der Waals surface area contributed by atoms with Crippen LogP contribution >= 0.6 is 0 Å². The number of benzene rings is 2. The first-order valence-corrected chi connectivity index (χ1v) is 18.5. The van der Waals surface area contributed by atoms with Gasteiger partial charge in [0.15, 0.2) is 0 Å². The van der Waals surface area contributed by atoms with E-state index in [1.807, 2.05) is 3.28 Å². The molecule has 0 unspecified atom stereocenters. The molecule has 2 aromatic carbocycles. The molecule has 164 valence electrons. The van der Waals surface area contributed by atoms with Gasteiger partial charge in [-0.2, -0.15) is 0 Å². The Hall–Kier alpha value is -1.72. The second kappa shape index (κ2) is 10.0. The number of hydrogen-bond donors (Lipinski definition) is 0. The molecule has 0 amide bonds. The summed E-state index contributed by atoms with van der Waals surface area (Å²) in [4.78, 5) is 0. The van der Waals surface area contributed by atoms with Crippen LogP contribution in [-0.4, -0.2) is 0 Å². The summed E-state index contributed by atoms with van der Waals surface area (Å²) in [5.41, 5.74) is 6.51. The van der Waals surface area contributed by atoms with E-state index in [1.54, 1.807) is 25.6 Å². The van der Waals surface area contributed by atoms with Crippen LogP contribution in [0.25, 0.3) is 0 Å². The van der Waals surface area contributed by atoms with E-state index >= 15 is 0 Å². The van der Waals surface area contributed by atoms with Gasteiger partial charge in [-0.3, -0.25) is 0 Å². The zero-order valence-corrected chi connectivity index (χ0v) is 22.0. The van der Waals surface area contributed by atoms with Crippen molar-refractivity contribution >= 4 is 0 Å². The van der Waals surface area contributed by atoms with Crippen molar-refractivity contribution < 1.29 is 20.3 Å². The van der Waals surface area contributed by atoms with Gasteiger partial charge in [-0.05, 0) is 0 Å². The van der Waals surface area contributed by atoms with E-state index in [0.717, 1.165) is 5.92 Å². The molecule has 0 N–H and O–H groups in total. The second-order valence-electron chi connectivity index (χ2n) is 10.0. The molecule has 3 aliphatic carbocycles. The molecule has 0 atom stereocenters. The van der Waals surface area contributed by atoms with Crippen LogP contribution in [0.3, 0.4) is 0 Å². The first-order chi connectivity index (χ1) is 15.8. The van der Waals surface area contributed by atoms with Gasteiger partial charge in [-0.25, -0.2) is 0 Å². The predicted octanol–water partition coefficient (Wildman–Crippen LogP) is 8.57. The molecule has 0 saturated heterocycles. The van der Waals surface area contributed by atoms with Gasteiger partial charge in [-0.1, -0.05) is 0 Å². The molecule has 5 rings (SSSR count). The van der Waals surface area contributed by atoms with E-state index in [9.17, 15) is 0 Å². The fourth-order valence-electron chi connectivity index (χ4n) is 6.52. The fourth-order valence-corrected chi connectivity index (χ4v) is 20.1. The van der Waals surface area contributed by atoms with Gasteiger partial charge < -0.3 is 0 Å². The van der Waals surface area contributed by atoms with E-state index < -0.39 is 20.3 Å². The Kier molecular flexibility index (Phi) is 6.94. The molecule has 2 aromatic rings. The van der Waals surface area contributed by atoms with Gasteiger partial charge in [0.2, 0.25) is 0 Å². The molecule has 0 radical (unpaired) electrons. The zero-order valence-electron chi connectivity index (χ0n) is 19.5. The van der Waals surface area contributed by atoms with Crippen LogP contribution in [0.15, 0.2) is 103 Å². The number of hydrogen-bond acceptors (Lipinski definition) is 0. The van der Waals surface area contributed by atoms with Gasteiger partial charge in [0.05, 0.1) is 0 Å². The predicted molar refractivity (Wildman–Crippen MR) is 134 cm³/mol. The fraction of sp³-hybridized carbons (Fsp3) is 0.355. The molecular weight excluding hydrogens is 464 g/mol. The molecule has 0 bridgehead atoms. The molecule has 32 heavy (non-hydrogen) atoms. The monoisotopic (exact) mass is 498 g/mol. The third-order valence-electron chi connectivity index (χ3n) is 8.12. The summed E-state index contributed by atoms with van der Waals surface area (Å²) in [6, 6.07) is 22.8. The van der Waals surface area contributed by atoms with Crippen molar-refractivity contribution in [2.45, 2.75) is 60.1 Å². The average molecular weight is 500 g/mol. The molecule has 1 saturated carbocycles. The quantitative estimate of drug-likeness (QED) is 0.358. The van der Waals surface area contributed by atoms with Crippen LogP contribution in [0.4, 0.5) is 0 Å². The molecule has 1 fully saturated rings. The summed E-state index contributed by atoms with van der Waals surface area (Å²) in [5.74, 6) is 0.814. The molecular formula is C31H36Zr. The van der Waals surface area contributed by atoms with Crippen LogP contribution in [0.2, 0.25) is 0 Å². The van der Waals surface area contributed by atoms with E-state index in [1.165, 1.54) is 53.2 Å². The first kappa shape index (κ1) is 22.1. The Morgan fingerprint density at radius 1 is 0.781 bits per heavy atom. The standard InChI is InChI=1S/C12H17.2C7H7.C5H5.Zr/c1-10-6-5-9-12(10)11-7-3-2-4-8-11;2*1-7-5-3-2-4-6-7;1-2-4-5-3-1;/h9,11H,2-5,7-8H2,1H3;2*2-6H,1H2;1-3H,4H2;. The van der Waals surface area contributed by atoms with E-state index in [2.05, 4.69) is 91.9 Å². The van der Waals surface area contributed by atoms with Gasteiger partial charge >= 0.3 is 200 Å². The maximum atomic E-state index is 2.66. The Bertz CT molecular complexity index is 1000. The molecule has 1 heteroatoms. The van der Waals surface area contributed by atoms with Crippen LogP contribution in [-0.2, 0) is 28.5 Å². The summed E-state index contributed by atoms with van der Waals surface area (Å²) in [5, 5.41) is 0. The summed E-state index contributed by atoms with van der Waals surface area (Å²) in [6.07, 6.45) is 19.4. The second-order valence-corrected chi connectivity index (χ2v) is 20.2. The molecule has 0 nitrogen and oxygen atoms in total. The van der Waals surface area contributed by atoms with Crippen molar-refractivity contribution in [1.82, 2.24) is 0 Å². The van der Waals surface area contributed by atoms with Gasteiger partial charge in [-0.15, -0.1) is 0 Å². The minimum atomic E-state index is -2.98. The Morgan fingerprint density at radius 3 is 1.97 bits per heavy atom. The first-order valence-electron chi connectivity index (χ1n) is 12.6.